The first-order valence-corrected chi connectivity index (χ1v) is 8.66. The zero-order valence-electron chi connectivity index (χ0n) is 15.3. The van der Waals surface area contributed by atoms with Crippen LogP contribution in [0.25, 0.3) is 0 Å². The molecular formula is C20H25N3O3. The van der Waals surface area contributed by atoms with Gasteiger partial charge < -0.3 is 20.7 Å². The summed E-state index contributed by atoms with van der Waals surface area (Å²) in [5, 5.41) is 8.67. The fourth-order valence-electron chi connectivity index (χ4n) is 2.26. The van der Waals surface area contributed by atoms with Gasteiger partial charge in [0.05, 0.1) is 12.6 Å². The average molecular weight is 355 g/mol. The molecule has 6 nitrogen and oxygen atoms in total. The molecule has 0 aliphatic heterocycles. The molecule has 0 heterocycles. The fraction of sp³-hybridized carbons (Fsp3) is 0.300. The van der Waals surface area contributed by atoms with Crippen molar-refractivity contribution in [1.29, 1.82) is 0 Å². The molecule has 3 N–H and O–H groups in total. The fourth-order valence-corrected chi connectivity index (χ4v) is 2.26. The van der Waals surface area contributed by atoms with Crippen molar-refractivity contribution >= 4 is 28.9 Å². The number of hydrogen-bond donors (Lipinski definition) is 3. The molecule has 0 radical (unpaired) electrons. The largest absolute Gasteiger partial charge is 0.491 e. The summed E-state index contributed by atoms with van der Waals surface area (Å²) in [5.41, 5.74) is 2.13. The highest BCUT2D eigenvalue weighted by Gasteiger charge is 2.05. The molecule has 2 amide bonds. The van der Waals surface area contributed by atoms with Crippen molar-refractivity contribution in [3.05, 3.63) is 48.5 Å². The molecule has 138 valence electrons. The molecule has 0 saturated heterocycles. The predicted octanol–water partition coefficient (Wildman–Crippen LogP) is 3.87. The van der Waals surface area contributed by atoms with E-state index >= 15 is 0 Å². The quantitative estimate of drug-likeness (QED) is 0.671. The molecule has 2 aromatic rings. The van der Waals surface area contributed by atoms with Crippen LogP contribution in [0, 0.1) is 0 Å². The van der Waals surface area contributed by atoms with Crippen molar-refractivity contribution in [1.82, 2.24) is 0 Å². The Labute approximate surface area is 153 Å². The lowest BCUT2D eigenvalue weighted by Gasteiger charge is -2.12. The summed E-state index contributed by atoms with van der Waals surface area (Å²) in [4.78, 5) is 23.6. The zero-order valence-corrected chi connectivity index (χ0v) is 15.3. The number of nitrogens with one attached hydrogen (secondary N) is 3. The normalized spacial score (nSPS) is 10.3. The van der Waals surface area contributed by atoms with Crippen molar-refractivity contribution in [2.75, 3.05) is 22.5 Å². The van der Waals surface area contributed by atoms with E-state index in [2.05, 4.69) is 16.0 Å². The predicted molar refractivity (Wildman–Crippen MR) is 105 cm³/mol. The first-order valence-electron chi connectivity index (χ1n) is 8.66. The molecule has 0 aliphatic rings. The van der Waals surface area contributed by atoms with Gasteiger partial charge in [0, 0.05) is 29.5 Å². The van der Waals surface area contributed by atoms with Crippen LogP contribution in [0.2, 0.25) is 0 Å². The number of carbonyl (C=O) groups is 2. The summed E-state index contributed by atoms with van der Waals surface area (Å²) in [5.74, 6) is 0.489. The van der Waals surface area contributed by atoms with Crippen LogP contribution in [-0.4, -0.2) is 24.5 Å². The third-order valence-corrected chi connectivity index (χ3v) is 3.41. The zero-order chi connectivity index (χ0) is 18.9. The molecule has 2 aromatic carbocycles. The van der Waals surface area contributed by atoms with Crippen molar-refractivity contribution in [3.8, 4) is 5.75 Å². The number of benzene rings is 2. The molecular weight excluding hydrogens is 330 g/mol. The molecule has 0 aliphatic carbocycles. The molecule has 2 rings (SSSR count). The minimum Gasteiger partial charge on any atom is -0.491 e. The van der Waals surface area contributed by atoms with Gasteiger partial charge in [-0.2, -0.15) is 0 Å². The van der Waals surface area contributed by atoms with Crippen molar-refractivity contribution in [2.45, 2.75) is 33.3 Å². The number of rotatable bonds is 8. The lowest BCUT2D eigenvalue weighted by atomic mass is 10.2. The van der Waals surface area contributed by atoms with Gasteiger partial charge in [-0.3, -0.25) is 9.59 Å². The standard InChI is InChI=1S/C20H25N3O3/c1-4-19(24)22-16-8-5-7-15(11-16)21-13-20(25)23-17-9-6-10-18(12-17)26-14(2)3/h5-12,14,21H,4,13H2,1-3H3,(H,22,24)(H,23,25). The van der Waals surface area contributed by atoms with E-state index in [-0.39, 0.29) is 24.5 Å². The van der Waals surface area contributed by atoms with Gasteiger partial charge in [-0.05, 0) is 44.2 Å². The number of amides is 2. The molecule has 0 atom stereocenters. The SMILES string of the molecule is CCC(=O)Nc1cccc(NCC(=O)Nc2cccc(OC(C)C)c2)c1. The Hall–Kier alpha value is -3.02. The van der Waals surface area contributed by atoms with Crippen molar-refractivity contribution in [3.63, 3.8) is 0 Å². The van der Waals surface area contributed by atoms with Crippen molar-refractivity contribution in [2.24, 2.45) is 0 Å². The molecule has 0 bridgehead atoms. The summed E-state index contributed by atoms with van der Waals surface area (Å²) in [6.45, 7) is 5.81. The van der Waals surface area contributed by atoms with Gasteiger partial charge in [0.25, 0.3) is 0 Å². The van der Waals surface area contributed by atoms with Crippen LogP contribution in [0.4, 0.5) is 17.1 Å². The number of anilines is 3. The second-order valence-electron chi connectivity index (χ2n) is 6.08. The maximum atomic E-state index is 12.1. The van der Waals surface area contributed by atoms with E-state index < -0.39 is 0 Å². The van der Waals surface area contributed by atoms with Crippen LogP contribution in [0.3, 0.4) is 0 Å². The lowest BCUT2D eigenvalue weighted by Crippen LogP contribution is -2.21. The van der Waals surface area contributed by atoms with Crippen LogP contribution in [-0.2, 0) is 9.59 Å². The third-order valence-electron chi connectivity index (χ3n) is 3.41. The van der Waals surface area contributed by atoms with Crippen LogP contribution in [0.15, 0.2) is 48.5 Å². The summed E-state index contributed by atoms with van der Waals surface area (Å²) >= 11 is 0. The summed E-state index contributed by atoms with van der Waals surface area (Å²) in [6.07, 6.45) is 0.489. The third kappa shape index (κ3) is 6.47. The van der Waals surface area contributed by atoms with Crippen LogP contribution >= 0.6 is 0 Å². The van der Waals surface area contributed by atoms with Gasteiger partial charge in [-0.15, -0.1) is 0 Å². The summed E-state index contributed by atoms with van der Waals surface area (Å²) in [6, 6.07) is 14.5. The number of hydrogen-bond acceptors (Lipinski definition) is 4. The van der Waals surface area contributed by atoms with E-state index in [1.807, 2.05) is 44.2 Å². The molecule has 0 spiro atoms. The number of ether oxygens (including phenoxy) is 1. The Kier molecular flexibility index (Phi) is 7.02. The van der Waals surface area contributed by atoms with Crippen LogP contribution in [0.5, 0.6) is 5.75 Å². The summed E-state index contributed by atoms with van der Waals surface area (Å²) < 4.78 is 5.62. The lowest BCUT2D eigenvalue weighted by molar-refractivity contribution is -0.116. The van der Waals surface area contributed by atoms with Gasteiger partial charge in [-0.1, -0.05) is 19.1 Å². The Morgan fingerprint density at radius 2 is 1.54 bits per heavy atom. The number of carbonyl (C=O) groups excluding carboxylic acids is 2. The Morgan fingerprint density at radius 1 is 0.923 bits per heavy atom. The maximum absolute atomic E-state index is 12.1. The highest BCUT2D eigenvalue weighted by molar-refractivity contribution is 5.94. The van der Waals surface area contributed by atoms with E-state index in [1.54, 1.807) is 25.1 Å². The first-order chi connectivity index (χ1) is 12.5. The monoisotopic (exact) mass is 355 g/mol. The molecule has 6 heteroatoms. The minimum atomic E-state index is -0.172. The van der Waals surface area contributed by atoms with Gasteiger partial charge >= 0.3 is 0 Å². The Balaban J connectivity index is 1.89. The molecule has 0 unspecified atom stereocenters. The first kappa shape index (κ1) is 19.3. The minimum absolute atomic E-state index is 0.0524. The highest BCUT2D eigenvalue weighted by Crippen LogP contribution is 2.19. The van der Waals surface area contributed by atoms with Gasteiger partial charge in [0.15, 0.2) is 0 Å². The van der Waals surface area contributed by atoms with Crippen LogP contribution in [0.1, 0.15) is 27.2 Å². The molecule has 0 fully saturated rings. The van der Waals surface area contributed by atoms with Gasteiger partial charge in [0.2, 0.25) is 11.8 Å². The summed E-state index contributed by atoms with van der Waals surface area (Å²) in [7, 11) is 0. The Morgan fingerprint density at radius 3 is 2.23 bits per heavy atom. The molecule has 26 heavy (non-hydrogen) atoms. The topological polar surface area (TPSA) is 79.5 Å². The second-order valence-corrected chi connectivity index (χ2v) is 6.08. The smallest absolute Gasteiger partial charge is 0.243 e. The van der Waals surface area contributed by atoms with Crippen LogP contribution < -0.4 is 20.7 Å². The van der Waals surface area contributed by atoms with Gasteiger partial charge in [0.1, 0.15) is 5.75 Å². The van der Waals surface area contributed by atoms with E-state index in [0.29, 0.717) is 23.5 Å². The second kappa shape index (κ2) is 9.46. The van der Waals surface area contributed by atoms with E-state index in [0.717, 1.165) is 5.69 Å². The molecule has 0 saturated carbocycles. The average Bonchev–Trinajstić information content (AvgIpc) is 2.60. The molecule has 0 aromatic heterocycles. The van der Waals surface area contributed by atoms with E-state index in [9.17, 15) is 9.59 Å². The van der Waals surface area contributed by atoms with E-state index in [4.69, 9.17) is 4.74 Å². The Bertz CT molecular complexity index is 759. The highest BCUT2D eigenvalue weighted by atomic mass is 16.5. The van der Waals surface area contributed by atoms with Crippen molar-refractivity contribution < 1.29 is 14.3 Å². The van der Waals surface area contributed by atoms with Gasteiger partial charge in [-0.25, -0.2) is 0 Å². The van der Waals surface area contributed by atoms with E-state index in [1.165, 1.54) is 0 Å². The maximum Gasteiger partial charge on any atom is 0.243 e.